The lowest BCUT2D eigenvalue weighted by Crippen LogP contribution is -2.29. The summed E-state index contributed by atoms with van der Waals surface area (Å²) >= 11 is 5.75. The molecule has 0 bridgehead atoms. The lowest BCUT2D eigenvalue weighted by Gasteiger charge is -2.16. The second-order valence-electron chi connectivity index (χ2n) is 4.48. The first-order valence-electron chi connectivity index (χ1n) is 5.90. The predicted molar refractivity (Wildman–Crippen MR) is 70.0 cm³/mol. The van der Waals surface area contributed by atoms with E-state index in [0.717, 1.165) is 6.42 Å². The van der Waals surface area contributed by atoms with Crippen molar-refractivity contribution in [3.63, 3.8) is 0 Å². The average Bonchev–Trinajstić information content (AvgIpc) is 2.79. The van der Waals surface area contributed by atoms with Crippen LogP contribution in [0.2, 0.25) is 5.02 Å². The molecule has 18 heavy (non-hydrogen) atoms. The van der Waals surface area contributed by atoms with E-state index in [2.05, 4.69) is 0 Å². The Kier molecular flexibility index (Phi) is 4.27. The van der Waals surface area contributed by atoms with Gasteiger partial charge in [0.25, 0.3) is 0 Å². The van der Waals surface area contributed by atoms with Gasteiger partial charge in [0.1, 0.15) is 0 Å². The topological polar surface area (TPSA) is 57.6 Å². The molecule has 0 aliphatic carbocycles. The first kappa shape index (κ1) is 13.8. The number of sulfonamides is 1. The Morgan fingerprint density at radius 1 is 1.33 bits per heavy atom. The molecule has 1 aliphatic heterocycles. The molecule has 0 radical (unpaired) electrons. The molecule has 1 N–H and O–H groups in total. The summed E-state index contributed by atoms with van der Waals surface area (Å²) in [6.45, 7) is 1.13. The quantitative estimate of drug-likeness (QED) is 0.918. The van der Waals surface area contributed by atoms with Crippen LogP contribution < -0.4 is 0 Å². The van der Waals surface area contributed by atoms with Gasteiger partial charge in [-0.2, -0.15) is 4.31 Å². The molecule has 1 heterocycles. The van der Waals surface area contributed by atoms with Gasteiger partial charge in [0.2, 0.25) is 10.0 Å². The number of halogens is 1. The summed E-state index contributed by atoms with van der Waals surface area (Å²) in [5.41, 5.74) is 0. The summed E-state index contributed by atoms with van der Waals surface area (Å²) in [4.78, 5) is 0.275. The molecule has 1 aromatic carbocycles. The molecule has 1 aromatic rings. The van der Waals surface area contributed by atoms with Gasteiger partial charge in [-0.3, -0.25) is 0 Å². The van der Waals surface area contributed by atoms with Gasteiger partial charge in [-0.25, -0.2) is 8.42 Å². The fraction of sp³-hybridized carbons (Fsp3) is 0.500. The summed E-state index contributed by atoms with van der Waals surface area (Å²) in [6, 6.07) is 6.21. The monoisotopic (exact) mass is 289 g/mol. The van der Waals surface area contributed by atoms with Gasteiger partial charge >= 0.3 is 0 Å². The maximum absolute atomic E-state index is 12.3. The lowest BCUT2D eigenvalue weighted by molar-refractivity contribution is 0.259. The fourth-order valence-corrected chi connectivity index (χ4v) is 3.85. The van der Waals surface area contributed by atoms with Crippen LogP contribution in [0.1, 0.15) is 12.8 Å². The summed E-state index contributed by atoms with van der Waals surface area (Å²) in [7, 11) is -3.41. The summed E-state index contributed by atoms with van der Waals surface area (Å²) in [5.74, 6) is 0.261. The second kappa shape index (κ2) is 5.57. The number of hydrogen-bond acceptors (Lipinski definition) is 3. The standard InChI is InChI=1S/C12H16ClNO3S/c13-11-1-3-12(4-2-11)18(16,17)14-7-5-10(9-14)6-8-15/h1-4,10,15H,5-9H2. The highest BCUT2D eigenvalue weighted by molar-refractivity contribution is 7.89. The Bertz CT molecular complexity index is 501. The van der Waals surface area contributed by atoms with E-state index < -0.39 is 10.0 Å². The maximum atomic E-state index is 12.3. The van der Waals surface area contributed by atoms with Gasteiger partial charge in [0, 0.05) is 24.7 Å². The number of benzene rings is 1. The molecule has 1 unspecified atom stereocenters. The zero-order chi connectivity index (χ0) is 13.2. The third-order valence-corrected chi connectivity index (χ3v) is 5.37. The van der Waals surface area contributed by atoms with Crippen LogP contribution in [0.15, 0.2) is 29.2 Å². The third-order valence-electron chi connectivity index (χ3n) is 3.24. The zero-order valence-corrected chi connectivity index (χ0v) is 11.5. The normalized spacial score (nSPS) is 21.3. The minimum atomic E-state index is -3.41. The van der Waals surface area contributed by atoms with Crippen molar-refractivity contribution >= 4 is 21.6 Å². The molecule has 0 aromatic heterocycles. The van der Waals surface area contributed by atoms with Crippen molar-refractivity contribution in [1.29, 1.82) is 0 Å². The highest BCUT2D eigenvalue weighted by atomic mass is 35.5. The van der Waals surface area contributed by atoms with Crippen molar-refractivity contribution in [2.75, 3.05) is 19.7 Å². The third kappa shape index (κ3) is 2.85. The van der Waals surface area contributed by atoms with Gasteiger partial charge in [0.05, 0.1) is 4.90 Å². The Morgan fingerprint density at radius 2 is 2.00 bits per heavy atom. The highest BCUT2D eigenvalue weighted by Crippen LogP contribution is 2.26. The number of aliphatic hydroxyl groups is 1. The number of rotatable bonds is 4. The van der Waals surface area contributed by atoms with E-state index in [0.29, 0.717) is 24.5 Å². The molecule has 1 saturated heterocycles. The zero-order valence-electron chi connectivity index (χ0n) is 9.92. The van der Waals surface area contributed by atoms with E-state index in [4.69, 9.17) is 16.7 Å². The van der Waals surface area contributed by atoms with Gasteiger partial charge in [-0.05, 0) is 43.0 Å². The molecule has 1 aliphatic rings. The molecule has 100 valence electrons. The van der Waals surface area contributed by atoms with Crippen molar-refractivity contribution in [2.45, 2.75) is 17.7 Å². The minimum Gasteiger partial charge on any atom is -0.396 e. The minimum absolute atomic E-state index is 0.111. The molecule has 1 fully saturated rings. The molecule has 4 nitrogen and oxygen atoms in total. The SMILES string of the molecule is O=S(=O)(c1ccc(Cl)cc1)N1CCC(CCO)C1. The van der Waals surface area contributed by atoms with Crippen LogP contribution in [0.25, 0.3) is 0 Å². The van der Waals surface area contributed by atoms with Gasteiger partial charge in [-0.15, -0.1) is 0 Å². The highest BCUT2D eigenvalue weighted by Gasteiger charge is 2.31. The average molecular weight is 290 g/mol. The van der Waals surface area contributed by atoms with Crippen LogP contribution in [-0.2, 0) is 10.0 Å². The second-order valence-corrected chi connectivity index (χ2v) is 6.86. The van der Waals surface area contributed by atoms with Crippen LogP contribution in [0, 0.1) is 5.92 Å². The van der Waals surface area contributed by atoms with Crippen molar-refractivity contribution in [2.24, 2.45) is 5.92 Å². The Balaban J connectivity index is 2.15. The van der Waals surface area contributed by atoms with Crippen molar-refractivity contribution in [3.05, 3.63) is 29.3 Å². The van der Waals surface area contributed by atoms with E-state index in [1.807, 2.05) is 0 Å². The van der Waals surface area contributed by atoms with Gasteiger partial charge in [0.15, 0.2) is 0 Å². The van der Waals surface area contributed by atoms with E-state index in [-0.39, 0.29) is 17.4 Å². The molecule has 0 saturated carbocycles. The summed E-state index contributed by atoms with van der Waals surface area (Å²) in [5, 5.41) is 9.40. The Labute approximate surface area is 112 Å². The summed E-state index contributed by atoms with van der Waals surface area (Å²) in [6.07, 6.45) is 1.47. The predicted octanol–water partition coefficient (Wildman–Crippen LogP) is 1.73. The van der Waals surface area contributed by atoms with Gasteiger partial charge in [-0.1, -0.05) is 11.6 Å². The van der Waals surface area contributed by atoms with Crippen LogP contribution in [0.3, 0.4) is 0 Å². The maximum Gasteiger partial charge on any atom is 0.243 e. The molecule has 6 heteroatoms. The first-order valence-corrected chi connectivity index (χ1v) is 7.72. The van der Waals surface area contributed by atoms with Crippen molar-refractivity contribution in [1.82, 2.24) is 4.31 Å². The van der Waals surface area contributed by atoms with Crippen LogP contribution in [0.5, 0.6) is 0 Å². The van der Waals surface area contributed by atoms with E-state index >= 15 is 0 Å². The molecule has 0 spiro atoms. The lowest BCUT2D eigenvalue weighted by atomic mass is 10.1. The van der Waals surface area contributed by atoms with Crippen LogP contribution in [-0.4, -0.2) is 37.5 Å². The van der Waals surface area contributed by atoms with Gasteiger partial charge < -0.3 is 5.11 Å². The number of aliphatic hydroxyl groups excluding tert-OH is 1. The largest absolute Gasteiger partial charge is 0.396 e. The molecular formula is C12H16ClNO3S. The fourth-order valence-electron chi connectivity index (χ4n) is 2.19. The Hall–Kier alpha value is -0.620. The summed E-state index contributed by atoms with van der Waals surface area (Å²) < 4.78 is 26.1. The van der Waals surface area contributed by atoms with Crippen molar-refractivity contribution < 1.29 is 13.5 Å². The Morgan fingerprint density at radius 3 is 2.61 bits per heavy atom. The smallest absolute Gasteiger partial charge is 0.243 e. The van der Waals surface area contributed by atoms with E-state index in [1.165, 1.54) is 16.4 Å². The molecular weight excluding hydrogens is 274 g/mol. The molecule has 2 rings (SSSR count). The van der Waals surface area contributed by atoms with Crippen molar-refractivity contribution in [3.8, 4) is 0 Å². The first-order chi connectivity index (χ1) is 8.54. The molecule has 1 atom stereocenters. The number of nitrogens with zero attached hydrogens (tertiary/aromatic N) is 1. The molecule has 0 amide bonds. The van der Waals surface area contributed by atoms with E-state index in [9.17, 15) is 8.42 Å². The van der Waals surface area contributed by atoms with Crippen LogP contribution in [0.4, 0.5) is 0 Å². The van der Waals surface area contributed by atoms with E-state index in [1.54, 1.807) is 12.1 Å². The van der Waals surface area contributed by atoms with Crippen LogP contribution >= 0.6 is 11.6 Å². The number of hydrogen-bond donors (Lipinski definition) is 1.